The Kier molecular flexibility index (Phi) is 3.94. The van der Waals surface area contributed by atoms with E-state index in [9.17, 15) is 18.0 Å². The molecule has 0 unspecified atom stereocenters. The summed E-state index contributed by atoms with van der Waals surface area (Å²) in [5.74, 6) is -0.420. The number of alkyl halides is 3. The van der Waals surface area contributed by atoms with Crippen LogP contribution in [0.3, 0.4) is 0 Å². The van der Waals surface area contributed by atoms with Crippen LogP contribution in [-0.2, 0) is 17.4 Å². The molecule has 0 atom stereocenters. The summed E-state index contributed by atoms with van der Waals surface area (Å²) in [7, 11) is 0. The van der Waals surface area contributed by atoms with E-state index in [0.29, 0.717) is 4.47 Å². The fourth-order valence-corrected chi connectivity index (χ4v) is 1.96. The number of hydrogen-bond acceptors (Lipinski definition) is 4. The number of halogens is 4. The monoisotopic (exact) mass is 348 g/mol. The van der Waals surface area contributed by atoms with Crippen molar-refractivity contribution in [1.29, 1.82) is 0 Å². The maximum Gasteiger partial charge on any atom is 0.417 e. The number of Topliss-reactive ketones (excluding diaryl/α,β-unsaturated/α-hetero) is 1. The summed E-state index contributed by atoms with van der Waals surface area (Å²) in [6, 6.07) is 3.64. The van der Waals surface area contributed by atoms with Gasteiger partial charge in [0.1, 0.15) is 5.78 Å². The number of rotatable bonds is 3. The first-order chi connectivity index (χ1) is 9.27. The molecule has 0 aliphatic carbocycles. The number of nitrogens with zero attached hydrogens (tertiary/aromatic N) is 2. The molecule has 0 aliphatic heterocycles. The molecule has 0 bridgehead atoms. The lowest BCUT2D eigenvalue weighted by molar-refractivity contribution is -0.137. The van der Waals surface area contributed by atoms with Crippen molar-refractivity contribution >= 4 is 21.7 Å². The van der Waals surface area contributed by atoms with Gasteiger partial charge in [-0.15, -0.1) is 0 Å². The maximum absolute atomic E-state index is 13.0. The van der Waals surface area contributed by atoms with Crippen molar-refractivity contribution in [3.8, 4) is 11.4 Å². The Bertz CT molecular complexity index is 652. The van der Waals surface area contributed by atoms with Crippen molar-refractivity contribution in [2.24, 2.45) is 0 Å². The minimum atomic E-state index is -4.54. The first-order valence-electron chi connectivity index (χ1n) is 5.46. The number of ketones is 1. The summed E-state index contributed by atoms with van der Waals surface area (Å²) in [6.07, 6.45) is -4.65. The molecule has 0 radical (unpaired) electrons. The fraction of sp³-hybridized carbons (Fsp3) is 0.250. The van der Waals surface area contributed by atoms with Crippen LogP contribution in [0.2, 0.25) is 0 Å². The van der Waals surface area contributed by atoms with Crippen LogP contribution < -0.4 is 0 Å². The average Bonchev–Trinajstić information content (AvgIpc) is 2.75. The quantitative estimate of drug-likeness (QED) is 0.849. The van der Waals surface area contributed by atoms with E-state index in [1.165, 1.54) is 19.1 Å². The molecule has 0 aliphatic rings. The van der Waals surface area contributed by atoms with Gasteiger partial charge in [0.05, 0.1) is 12.0 Å². The summed E-state index contributed by atoms with van der Waals surface area (Å²) in [6.45, 7) is 1.32. The highest BCUT2D eigenvalue weighted by Gasteiger charge is 2.35. The van der Waals surface area contributed by atoms with Crippen LogP contribution in [0, 0.1) is 0 Å². The van der Waals surface area contributed by atoms with Gasteiger partial charge in [0.25, 0.3) is 0 Å². The summed E-state index contributed by atoms with van der Waals surface area (Å²) in [5, 5.41) is 3.49. The third-order valence-corrected chi connectivity index (χ3v) is 2.89. The zero-order chi connectivity index (χ0) is 14.9. The van der Waals surface area contributed by atoms with Crippen molar-refractivity contribution in [2.75, 3.05) is 0 Å². The Morgan fingerprint density at radius 1 is 1.40 bits per heavy atom. The summed E-state index contributed by atoms with van der Waals surface area (Å²) in [4.78, 5) is 14.7. The van der Waals surface area contributed by atoms with E-state index in [4.69, 9.17) is 4.52 Å². The Morgan fingerprint density at radius 3 is 2.70 bits per heavy atom. The zero-order valence-corrected chi connectivity index (χ0v) is 11.7. The summed E-state index contributed by atoms with van der Waals surface area (Å²) in [5.41, 5.74) is -1.07. The van der Waals surface area contributed by atoms with Crippen molar-refractivity contribution in [3.63, 3.8) is 0 Å². The van der Waals surface area contributed by atoms with Crippen LogP contribution >= 0.6 is 15.9 Å². The molecule has 8 heteroatoms. The molecule has 0 saturated heterocycles. The van der Waals surface area contributed by atoms with E-state index in [1.54, 1.807) is 0 Å². The van der Waals surface area contributed by atoms with Gasteiger partial charge in [-0.25, -0.2) is 0 Å². The average molecular weight is 349 g/mol. The van der Waals surface area contributed by atoms with Crippen molar-refractivity contribution < 1.29 is 22.5 Å². The van der Waals surface area contributed by atoms with Crippen LogP contribution in [0.1, 0.15) is 18.4 Å². The normalized spacial score (nSPS) is 11.7. The molecule has 1 aromatic carbocycles. The molecular formula is C12H8BrF3N2O2. The lowest BCUT2D eigenvalue weighted by Crippen LogP contribution is -2.07. The van der Waals surface area contributed by atoms with E-state index in [2.05, 4.69) is 26.1 Å². The van der Waals surface area contributed by atoms with Gasteiger partial charge in [0.2, 0.25) is 11.7 Å². The summed E-state index contributed by atoms with van der Waals surface area (Å²) >= 11 is 2.99. The van der Waals surface area contributed by atoms with Gasteiger partial charge in [0, 0.05) is 10.0 Å². The minimum Gasteiger partial charge on any atom is -0.339 e. The number of carbonyl (C=O) groups excluding carboxylic acids is 1. The van der Waals surface area contributed by atoms with Gasteiger partial charge < -0.3 is 4.52 Å². The standard InChI is InChI=1S/C12H8BrF3N2O2/c1-6(19)4-10-17-11(18-20-10)8-3-2-7(13)5-9(8)12(14,15)16/h2-3,5H,4H2,1H3. The summed E-state index contributed by atoms with van der Waals surface area (Å²) < 4.78 is 44.0. The lowest BCUT2D eigenvalue weighted by Gasteiger charge is -2.10. The van der Waals surface area contributed by atoms with Crippen molar-refractivity contribution in [3.05, 3.63) is 34.1 Å². The minimum absolute atomic E-state index is 0.0106. The first kappa shape index (κ1) is 14.7. The highest BCUT2D eigenvalue weighted by molar-refractivity contribution is 9.10. The van der Waals surface area contributed by atoms with E-state index in [-0.39, 0.29) is 29.5 Å². The van der Waals surface area contributed by atoms with Crippen molar-refractivity contribution in [1.82, 2.24) is 10.1 Å². The van der Waals surface area contributed by atoms with E-state index in [1.807, 2.05) is 0 Å². The number of aromatic nitrogens is 2. The first-order valence-corrected chi connectivity index (χ1v) is 6.26. The maximum atomic E-state index is 13.0. The molecule has 1 aromatic heterocycles. The molecule has 20 heavy (non-hydrogen) atoms. The Balaban J connectivity index is 2.47. The fourth-order valence-electron chi connectivity index (χ4n) is 1.60. The Hall–Kier alpha value is -1.70. The predicted octanol–water partition coefficient (Wildman–Crippen LogP) is 3.65. The second-order valence-corrected chi connectivity index (χ2v) is 4.99. The van der Waals surface area contributed by atoms with Crippen LogP contribution in [0.25, 0.3) is 11.4 Å². The molecule has 4 nitrogen and oxygen atoms in total. The predicted molar refractivity (Wildman–Crippen MR) is 66.8 cm³/mol. The SMILES string of the molecule is CC(=O)Cc1nc(-c2ccc(Br)cc2C(F)(F)F)no1. The van der Waals surface area contributed by atoms with E-state index in [0.717, 1.165) is 6.07 Å². The third-order valence-electron chi connectivity index (χ3n) is 2.40. The van der Waals surface area contributed by atoms with Crippen LogP contribution in [0.4, 0.5) is 13.2 Å². The second kappa shape index (κ2) is 5.35. The number of carbonyl (C=O) groups is 1. The molecule has 2 aromatic rings. The van der Waals surface area contributed by atoms with Gasteiger partial charge in [-0.05, 0) is 25.1 Å². The highest BCUT2D eigenvalue weighted by Crippen LogP contribution is 2.37. The number of hydrogen-bond donors (Lipinski definition) is 0. The topological polar surface area (TPSA) is 56.0 Å². The Labute approximate surface area is 120 Å². The third kappa shape index (κ3) is 3.24. The lowest BCUT2D eigenvalue weighted by atomic mass is 10.1. The van der Waals surface area contributed by atoms with Crippen LogP contribution in [-0.4, -0.2) is 15.9 Å². The Morgan fingerprint density at radius 2 is 2.10 bits per heavy atom. The molecule has 0 amide bonds. The van der Waals surface area contributed by atoms with Gasteiger partial charge in [-0.1, -0.05) is 21.1 Å². The molecule has 0 spiro atoms. The van der Waals surface area contributed by atoms with Crippen LogP contribution in [0.15, 0.2) is 27.2 Å². The molecule has 0 saturated carbocycles. The second-order valence-electron chi connectivity index (χ2n) is 4.08. The molecular weight excluding hydrogens is 341 g/mol. The van der Waals surface area contributed by atoms with Crippen molar-refractivity contribution in [2.45, 2.75) is 19.5 Å². The number of benzene rings is 1. The van der Waals surface area contributed by atoms with E-state index < -0.39 is 11.7 Å². The van der Waals surface area contributed by atoms with Crippen LogP contribution in [0.5, 0.6) is 0 Å². The molecule has 1 heterocycles. The molecule has 106 valence electrons. The van der Waals surface area contributed by atoms with Gasteiger partial charge in [-0.2, -0.15) is 18.2 Å². The zero-order valence-electron chi connectivity index (χ0n) is 10.2. The highest BCUT2D eigenvalue weighted by atomic mass is 79.9. The van der Waals surface area contributed by atoms with Gasteiger partial charge in [-0.3, -0.25) is 4.79 Å². The smallest absolute Gasteiger partial charge is 0.339 e. The molecule has 0 fully saturated rings. The molecule has 2 rings (SSSR count). The largest absolute Gasteiger partial charge is 0.417 e. The van der Waals surface area contributed by atoms with E-state index >= 15 is 0 Å². The van der Waals surface area contributed by atoms with Gasteiger partial charge in [0.15, 0.2) is 0 Å². The molecule has 0 N–H and O–H groups in total. The van der Waals surface area contributed by atoms with Gasteiger partial charge >= 0.3 is 6.18 Å².